The van der Waals surface area contributed by atoms with Gasteiger partial charge < -0.3 is 9.84 Å². The molecule has 0 bridgehead atoms. The molecule has 2 fully saturated rings. The summed E-state index contributed by atoms with van der Waals surface area (Å²) >= 11 is 0. The molecule has 0 aliphatic heterocycles. The zero-order chi connectivity index (χ0) is 23.3. The molecule has 4 aliphatic rings. The van der Waals surface area contributed by atoms with Crippen LogP contribution in [0.15, 0.2) is 23.3 Å². The molecule has 2 saturated carbocycles. The number of allylic oxidation sites excluding steroid dienone is 3. The first-order valence-corrected chi connectivity index (χ1v) is 12.9. The van der Waals surface area contributed by atoms with E-state index in [4.69, 9.17) is 4.74 Å². The second-order valence-corrected chi connectivity index (χ2v) is 11.6. The van der Waals surface area contributed by atoms with Gasteiger partial charge in [-0.15, -0.1) is 0 Å². The highest BCUT2D eigenvalue weighted by atomic mass is 16.6. The predicted octanol–water partition coefficient (Wildman–Crippen LogP) is 5.93. The van der Waals surface area contributed by atoms with Crippen molar-refractivity contribution in [2.24, 2.45) is 28.6 Å². The van der Waals surface area contributed by atoms with Gasteiger partial charge in [-0.05, 0) is 87.5 Å². The minimum Gasteiger partial charge on any atom is -0.450 e. The second-order valence-electron chi connectivity index (χ2n) is 11.6. The molecule has 0 aromatic rings. The van der Waals surface area contributed by atoms with Crippen LogP contribution in [0.25, 0.3) is 0 Å². The molecule has 32 heavy (non-hydrogen) atoms. The van der Waals surface area contributed by atoms with Crippen molar-refractivity contribution in [2.45, 2.75) is 111 Å². The molecule has 0 heterocycles. The Balaban J connectivity index is 1.66. The van der Waals surface area contributed by atoms with Gasteiger partial charge >= 0.3 is 5.97 Å². The lowest BCUT2D eigenvalue weighted by molar-refractivity contribution is -0.187. The summed E-state index contributed by atoms with van der Waals surface area (Å²) in [5.74, 6) is 1.08. The minimum absolute atomic E-state index is 0.0221. The summed E-state index contributed by atoms with van der Waals surface area (Å²) in [6, 6.07) is 0. The van der Waals surface area contributed by atoms with Crippen molar-refractivity contribution in [2.75, 3.05) is 0 Å². The van der Waals surface area contributed by atoms with Gasteiger partial charge in [-0.25, -0.2) is 0 Å². The van der Waals surface area contributed by atoms with Crippen LogP contribution in [0.1, 0.15) is 98.8 Å². The molecule has 0 aromatic heterocycles. The van der Waals surface area contributed by atoms with Crippen molar-refractivity contribution >= 4 is 11.8 Å². The summed E-state index contributed by atoms with van der Waals surface area (Å²) in [4.78, 5) is 25.9. The van der Waals surface area contributed by atoms with Crippen LogP contribution in [0.4, 0.5) is 0 Å². The van der Waals surface area contributed by atoms with Gasteiger partial charge in [0.2, 0.25) is 0 Å². The number of aliphatic hydroxyl groups excluding tert-OH is 1. The highest BCUT2D eigenvalue weighted by Crippen LogP contribution is 2.68. The SMILES string of the molecule is CCCCCC(=O)O[C@]1(C(C)=O)CC[C@@H]2[C@H]3C=C(C)C4=C[C@H](O)CC[C@]4(C)[C@H]3CC[C@@]21C. The van der Waals surface area contributed by atoms with Crippen LogP contribution in [-0.4, -0.2) is 28.6 Å². The molecule has 4 rings (SSSR count). The van der Waals surface area contributed by atoms with E-state index in [0.29, 0.717) is 30.6 Å². The van der Waals surface area contributed by atoms with Crippen LogP contribution in [-0.2, 0) is 14.3 Å². The number of hydrogen-bond acceptors (Lipinski definition) is 4. The van der Waals surface area contributed by atoms with Gasteiger partial charge in [0.15, 0.2) is 11.4 Å². The van der Waals surface area contributed by atoms with Crippen LogP contribution < -0.4 is 0 Å². The molecule has 1 N–H and O–H groups in total. The number of carbonyl (C=O) groups excluding carboxylic acids is 2. The van der Waals surface area contributed by atoms with Gasteiger partial charge in [-0.3, -0.25) is 9.59 Å². The first kappa shape index (κ1) is 23.7. The maximum absolute atomic E-state index is 13.1. The number of carbonyl (C=O) groups is 2. The van der Waals surface area contributed by atoms with Gasteiger partial charge in [-0.2, -0.15) is 0 Å². The highest BCUT2D eigenvalue weighted by molar-refractivity contribution is 5.89. The molecule has 4 heteroatoms. The van der Waals surface area contributed by atoms with Gasteiger partial charge in [0.05, 0.1) is 6.10 Å². The fourth-order valence-electron chi connectivity index (χ4n) is 8.15. The smallest absolute Gasteiger partial charge is 0.306 e. The molecule has 4 nitrogen and oxygen atoms in total. The number of ether oxygens (including phenoxy) is 1. The van der Waals surface area contributed by atoms with Gasteiger partial charge in [0.25, 0.3) is 0 Å². The first-order valence-electron chi connectivity index (χ1n) is 12.9. The number of unbranched alkanes of at least 4 members (excludes halogenated alkanes) is 2. The van der Waals surface area contributed by atoms with Crippen molar-refractivity contribution in [3.8, 4) is 0 Å². The molecule has 0 spiro atoms. The van der Waals surface area contributed by atoms with E-state index in [1.54, 1.807) is 6.92 Å². The summed E-state index contributed by atoms with van der Waals surface area (Å²) in [5.41, 5.74) is 1.41. The Labute approximate surface area is 193 Å². The Kier molecular flexibility index (Phi) is 6.24. The van der Waals surface area contributed by atoms with Crippen molar-refractivity contribution in [3.63, 3.8) is 0 Å². The topological polar surface area (TPSA) is 63.6 Å². The summed E-state index contributed by atoms with van der Waals surface area (Å²) in [5, 5.41) is 10.3. The van der Waals surface area contributed by atoms with Crippen LogP contribution in [0.5, 0.6) is 0 Å². The average molecular weight is 443 g/mol. The van der Waals surface area contributed by atoms with Crippen molar-refractivity contribution in [1.82, 2.24) is 0 Å². The van der Waals surface area contributed by atoms with E-state index in [0.717, 1.165) is 51.4 Å². The Bertz CT molecular complexity index is 840. The maximum atomic E-state index is 13.1. The van der Waals surface area contributed by atoms with Crippen LogP contribution >= 0.6 is 0 Å². The Morgan fingerprint density at radius 1 is 1.06 bits per heavy atom. The molecule has 0 radical (unpaired) electrons. The van der Waals surface area contributed by atoms with Gasteiger partial charge in [-0.1, -0.05) is 51.3 Å². The molecule has 4 aliphatic carbocycles. The third kappa shape index (κ3) is 3.43. The number of Topliss-reactive ketones (excluding diaryl/α,β-unsaturated/α-hetero) is 1. The lowest BCUT2D eigenvalue weighted by atomic mass is 9.47. The zero-order valence-corrected chi connectivity index (χ0v) is 20.7. The van der Waals surface area contributed by atoms with E-state index >= 15 is 0 Å². The third-order valence-corrected chi connectivity index (χ3v) is 9.91. The van der Waals surface area contributed by atoms with Crippen LogP contribution in [0, 0.1) is 28.6 Å². The molecule has 178 valence electrons. The molecule has 0 unspecified atom stereocenters. The number of hydrogen-bond donors (Lipinski definition) is 1. The maximum Gasteiger partial charge on any atom is 0.306 e. The quantitative estimate of drug-likeness (QED) is 0.409. The molecular weight excluding hydrogens is 400 g/mol. The normalized spacial score (nSPS) is 42.8. The monoisotopic (exact) mass is 442 g/mol. The van der Waals surface area contributed by atoms with E-state index in [9.17, 15) is 14.7 Å². The zero-order valence-electron chi connectivity index (χ0n) is 20.7. The fourth-order valence-corrected chi connectivity index (χ4v) is 8.15. The van der Waals surface area contributed by atoms with E-state index in [-0.39, 0.29) is 28.7 Å². The second kappa shape index (κ2) is 8.42. The van der Waals surface area contributed by atoms with E-state index in [1.807, 2.05) is 0 Å². The summed E-state index contributed by atoms with van der Waals surface area (Å²) in [6.07, 6.45) is 12.9. The number of aliphatic hydroxyl groups is 1. The Morgan fingerprint density at radius 2 is 1.78 bits per heavy atom. The van der Waals surface area contributed by atoms with E-state index in [2.05, 4.69) is 39.8 Å². The first-order chi connectivity index (χ1) is 15.1. The Morgan fingerprint density at radius 3 is 2.47 bits per heavy atom. The molecule has 0 amide bonds. The van der Waals surface area contributed by atoms with E-state index in [1.165, 1.54) is 11.1 Å². The summed E-state index contributed by atoms with van der Waals surface area (Å²) < 4.78 is 6.18. The number of esters is 1. The Hall–Kier alpha value is -1.42. The molecule has 0 saturated heterocycles. The van der Waals surface area contributed by atoms with Crippen LogP contribution in [0.2, 0.25) is 0 Å². The minimum atomic E-state index is -0.979. The lowest BCUT2D eigenvalue weighted by Crippen LogP contribution is -2.58. The van der Waals surface area contributed by atoms with Crippen LogP contribution in [0.3, 0.4) is 0 Å². The van der Waals surface area contributed by atoms with Crippen molar-refractivity contribution in [3.05, 3.63) is 23.3 Å². The average Bonchev–Trinajstić information content (AvgIpc) is 3.03. The number of ketones is 1. The van der Waals surface area contributed by atoms with Gasteiger partial charge in [0, 0.05) is 11.8 Å². The fraction of sp³-hybridized carbons (Fsp3) is 0.786. The van der Waals surface area contributed by atoms with Crippen molar-refractivity contribution in [1.29, 1.82) is 0 Å². The third-order valence-electron chi connectivity index (χ3n) is 9.91. The lowest BCUT2D eigenvalue weighted by Gasteiger charge is -2.58. The largest absolute Gasteiger partial charge is 0.450 e. The predicted molar refractivity (Wildman–Crippen MR) is 126 cm³/mol. The molecule has 0 aromatic carbocycles. The number of rotatable bonds is 6. The van der Waals surface area contributed by atoms with Gasteiger partial charge in [0.1, 0.15) is 0 Å². The van der Waals surface area contributed by atoms with E-state index < -0.39 is 5.60 Å². The number of fused-ring (bicyclic) bond motifs is 5. The summed E-state index contributed by atoms with van der Waals surface area (Å²) in [6.45, 7) is 10.6. The summed E-state index contributed by atoms with van der Waals surface area (Å²) in [7, 11) is 0. The van der Waals surface area contributed by atoms with Crippen molar-refractivity contribution < 1.29 is 19.4 Å². The molecule has 7 atom stereocenters. The standard InChI is InChI=1S/C28H42O4/c1-6-7-8-9-25(31)32-28(19(3)29)15-12-23-21-16-18(2)24-17-20(30)10-13-26(24,4)22(21)11-14-27(23,28)5/h16-17,20-23,30H,6-15H2,1-5H3/t20-,21+,22+,23-,26-,27+,28+/m1/s1. The highest BCUT2D eigenvalue weighted by Gasteiger charge is 2.67. The molecular formula is C28H42O4.